The topological polar surface area (TPSA) is 64.0 Å². The van der Waals surface area contributed by atoms with Gasteiger partial charge in [0, 0.05) is 18.2 Å². The molecule has 3 aromatic rings. The Kier molecular flexibility index (Phi) is 6.76. The van der Waals surface area contributed by atoms with E-state index in [1.807, 2.05) is 57.2 Å². The molecule has 2 heterocycles. The van der Waals surface area contributed by atoms with Gasteiger partial charge in [0.15, 0.2) is 5.16 Å². The molecule has 1 unspecified atom stereocenters. The zero-order valence-electron chi connectivity index (χ0n) is 18.8. The van der Waals surface area contributed by atoms with Gasteiger partial charge in [-0.3, -0.25) is 14.2 Å². The number of rotatable bonds is 6. The van der Waals surface area contributed by atoms with Gasteiger partial charge in [-0.05, 0) is 49.6 Å². The van der Waals surface area contributed by atoms with Gasteiger partial charge in [0.1, 0.15) is 0 Å². The number of hydrogen-bond donors (Lipinski definition) is 1. The summed E-state index contributed by atoms with van der Waals surface area (Å²) in [7, 11) is 0. The molecule has 5 nitrogen and oxygen atoms in total. The van der Waals surface area contributed by atoms with Crippen LogP contribution in [0.1, 0.15) is 34.9 Å². The van der Waals surface area contributed by atoms with Crippen molar-refractivity contribution < 1.29 is 4.79 Å². The smallest absolute Gasteiger partial charge is 0.272 e. The average Bonchev–Trinajstić information content (AvgIpc) is 3.11. The molecule has 1 amide bonds. The van der Waals surface area contributed by atoms with Crippen molar-refractivity contribution in [3.05, 3.63) is 80.8 Å². The summed E-state index contributed by atoms with van der Waals surface area (Å²) in [6.45, 7) is 8.67. The van der Waals surface area contributed by atoms with E-state index < -0.39 is 0 Å². The third-order valence-electron chi connectivity index (χ3n) is 5.29. The van der Waals surface area contributed by atoms with E-state index >= 15 is 0 Å². The fraction of sp³-hybridized carbons (Fsp3) is 0.320. The first-order valence-electron chi connectivity index (χ1n) is 10.7. The van der Waals surface area contributed by atoms with Crippen molar-refractivity contribution in [2.24, 2.45) is 0 Å². The van der Waals surface area contributed by atoms with Crippen LogP contribution in [0.2, 0.25) is 0 Å². The van der Waals surface area contributed by atoms with Crippen LogP contribution in [0.25, 0.3) is 5.69 Å². The molecule has 4 rings (SSSR count). The number of carbonyl (C=O) groups excluding carboxylic acids is 1. The highest BCUT2D eigenvalue weighted by Crippen LogP contribution is 2.35. The maximum Gasteiger partial charge on any atom is 0.272 e. The summed E-state index contributed by atoms with van der Waals surface area (Å²) in [5.41, 5.74) is 6.01. The molecule has 0 spiro atoms. The number of fused-ring (bicyclic) bond motifs is 1. The zero-order chi connectivity index (χ0) is 22.8. The minimum absolute atomic E-state index is 0.0445. The number of aryl methyl sites for hydroxylation is 3. The highest BCUT2D eigenvalue weighted by Gasteiger charge is 2.27. The Hall–Kier alpha value is -2.51. The molecule has 1 N–H and O–H groups in total. The van der Waals surface area contributed by atoms with E-state index in [9.17, 15) is 9.59 Å². The normalized spacial score (nSPS) is 14.9. The summed E-state index contributed by atoms with van der Waals surface area (Å²) in [6.07, 6.45) is 0.774. The van der Waals surface area contributed by atoms with E-state index in [-0.39, 0.29) is 17.2 Å². The van der Waals surface area contributed by atoms with Crippen molar-refractivity contribution in [2.45, 2.75) is 56.0 Å². The minimum atomic E-state index is -0.0833. The lowest BCUT2D eigenvalue weighted by molar-refractivity contribution is -0.118. The fourth-order valence-electron chi connectivity index (χ4n) is 3.79. The number of benzene rings is 2. The Bertz CT molecular complexity index is 1200. The molecule has 0 fully saturated rings. The maximum absolute atomic E-state index is 13.4. The number of nitrogens with one attached hydrogen (secondary N) is 1. The fourth-order valence-corrected chi connectivity index (χ4v) is 5.75. The van der Waals surface area contributed by atoms with E-state index in [2.05, 4.69) is 18.3 Å². The summed E-state index contributed by atoms with van der Waals surface area (Å²) in [5, 5.41) is 3.86. The first-order valence-corrected chi connectivity index (χ1v) is 12.5. The van der Waals surface area contributed by atoms with Crippen LogP contribution in [-0.4, -0.2) is 26.5 Å². The number of amides is 1. The Morgan fingerprint density at radius 1 is 1.12 bits per heavy atom. The Balaban J connectivity index is 1.58. The lowest BCUT2D eigenvalue weighted by Crippen LogP contribution is -2.27. The molecule has 7 heteroatoms. The maximum atomic E-state index is 13.4. The number of nitrogens with zero attached hydrogens (tertiary/aromatic N) is 2. The van der Waals surface area contributed by atoms with Crippen molar-refractivity contribution in [3.63, 3.8) is 0 Å². The van der Waals surface area contributed by atoms with Gasteiger partial charge < -0.3 is 5.32 Å². The standard InChI is InChI=1S/C25H27N3O2S2/c1-15-5-7-19(8-6-15)13-26-22(29)14-31-25-27-21-12-18(4)32-23(21)24(30)28(25)20-10-16(2)9-17(3)11-20/h5-11,18H,12-14H2,1-4H3,(H,26,29). The minimum Gasteiger partial charge on any atom is -0.351 e. The van der Waals surface area contributed by atoms with Crippen molar-refractivity contribution in [3.8, 4) is 5.69 Å². The second-order valence-corrected chi connectivity index (χ2v) is 10.7. The first-order chi connectivity index (χ1) is 15.3. The molecular weight excluding hydrogens is 438 g/mol. The third-order valence-corrected chi connectivity index (χ3v) is 7.44. The molecule has 2 aromatic carbocycles. The summed E-state index contributed by atoms with van der Waals surface area (Å²) in [4.78, 5) is 31.5. The molecule has 0 saturated heterocycles. The van der Waals surface area contributed by atoms with Gasteiger partial charge in [-0.15, -0.1) is 11.8 Å². The molecular formula is C25H27N3O2S2. The zero-order valence-corrected chi connectivity index (χ0v) is 20.4. The summed E-state index contributed by atoms with van der Waals surface area (Å²) in [5.74, 6) is 0.116. The molecule has 1 atom stereocenters. The molecule has 1 aliphatic rings. The van der Waals surface area contributed by atoms with Crippen LogP contribution in [0.15, 0.2) is 57.3 Å². The molecule has 0 radical (unpaired) electrons. The Morgan fingerprint density at radius 3 is 2.50 bits per heavy atom. The van der Waals surface area contributed by atoms with E-state index in [1.165, 1.54) is 17.3 Å². The monoisotopic (exact) mass is 465 g/mol. The van der Waals surface area contributed by atoms with E-state index in [0.717, 1.165) is 39.4 Å². The highest BCUT2D eigenvalue weighted by atomic mass is 32.2. The van der Waals surface area contributed by atoms with Gasteiger partial charge in [0.25, 0.3) is 5.56 Å². The SMILES string of the molecule is Cc1ccc(CNC(=O)CSc2nc3c(c(=O)n2-c2cc(C)cc(C)c2)SC(C)C3)cc1. The predicted molar refractivity (Wildman–Crippen MR) is 132 cm³/mol. The van der Waals surface area contributed by atoms with Crippen LogP contribution < -0.4 is 10.9 Å². The second kappa shape index (κ2) is 9.55. The van der Waals surface area contributed by atoms with Crippen molar-refractivity contribution in [2.75, 3.05) is 5.75 Å². The van der Waals surface area contributed by atoms with Gasteiger partial charge in [0.05, 0.1) is 22.0 Å². The number of hydrogen-bond acceptors (Lipinski definition) is 5. The highest BCUT2D eigenvalue weighted by molar-refractivity contribution is 8.00. The van der Waals surface area contributed by atoms with Crippen LogP contribution in [0.3, 0.4) is 0 Å². The van der Waals surface area contributed by atoms with E-state index in [4.69, 9.17) is 4.98 Å². The van der Waals surface area contributed by atoms with Gasteiger partial charge >= 0.3 is 0 Å². The van der Waals surface area contributed by atoms with Gasteiger partial charge in [0.2, 0.25) is 5.91 Å². The van der Waals surface area contributed by atoms with Crippen molar-refractivity contribution in [1.29, 1.82) is 0 Å². The molecule has 0 bridgehead atoms. The Morgan fingerprint density at radius 2 is 1.81 bits per heavy atom. The lowest BCUT2D eigenvalue weighted by atomic mass is 10.1. The number of thioether (sulfide) groups is 2. The van der Waals surface area contributed by atoms with Crippen molar-refractivity contribution in [1.82, 2.24) is 14.9 Å². The second-order valence-electron chi connectivity index (χ2n) is 8.34. The molecule has 0 aliphatic carbocycles. The number of aromatic nitrogens is 2. The van der Waals surface area contributed by atoms with Crippen LogP contribution in [0.5, 0.6) is 0 Å². The van der Waals surface area contributed by atoms with Crippen LogP contribution in [0, 0.1) is 20.8 Å². The third kappa shape index (κ3) is 5.10. The number of carbonyl (C=O) groups is 1. The van der Waals surface area contributed by atoms with Crippen LogP contribution in [0.4, 0.5) is 0 Å². The molecule has 1 aliphatic heterocycles. The largest absolute Gasteiger partial charge is 0.351 e. The van der Waals surface area contributed by atoms with Gasteiger partial charge in [-0.25, -0.2) is 4.98 Å². The molecule has 0 saturated carbocycles. The van der Waals surface area contributed by atoms with Gasteiger partial charge in [-0.2, -0.15) is 0 Å². The summed E-state index contributed by atoms with van der Waals surface area (Å²) >= 11 is 2.90. The molecule has 1 aromatic heterocycles. The van der Waals surface area contributed by atoms with Crippen molar-refractivity contribution >= 4 is 29.4 Å². The summed E-state index contributed by atoms with van der Waals surface area (Å²) < 4.78 is 1.67. The Labute approximate surface area is 197 Å². The molecule has 166 valence electrons. The summed E-state index contributed by atoms with van der Waals surface area (Å²) in [6, 6.07) is 14.2. The van der Waals surface area contributed by atoms with E-state index in [1.54, 1.807) is 16.3 Å². The molecule has 32 heavy (non-hydrogen) atoms. The first kappa shape index (κ1) is 22.7. The van der Waals surface area contributed by atoms with E-state index in [0.29, 0.717) is 17.0 Å². The van der Waals surface area contributed by atoms with Crippen LogP contribution in [-0.2, 0) is 17.8 Å². The quantitative estimate of drug-likeness (QED) is 0.426. The average molecular weight is 466 g/mol. The lowest BCUT2D eigenvalue weighted by Gasteiger charge is -2.15. The predicted octanol–water partition coefficient (Wildman–Crippen LogP) is 4.60. The van der Waals surface area contributed by atoms with Gasteiger partial charge in [-0.1, -0.05) is 54.6 Å². The van der Waals surface area contributed by atoms with Crippen LogP contribution >= 0.6 is 23.5 Å².